The summed E-state index contributed by atoms with van der Waals surface area (Å²) in [4.78, 5) is 14.9. The number of benzene rings is 1. The van der Waals surface area contributed by atoms with E-state index in [9.17, 15) is 9.90 Å². The first-order chi connectivity index (χ1) is 10.1. The number of nitrogens with zero attached hydrogens (tertiary/aromatic N) is 1. The number of aromatic hydroxyl groups is 1. The Hall–Kier alpha value is -1.71. The second-order valence-electron chi connectivity index (χ2n) is 6.55. The van der Waals surface area contributed by atoms with Crippen LogP contribution in [0.4, 0.5) is 5.69 Å². The third kappa shape index (κ3) is 2.59. The number of carbonyl (C=O) groups excluding carboxylic acids is 1. The van der Waals surface area contributed by atoms with Gasteiger partial charge in [-0.3, -0.25) is 4.79 Å². The highest BCUT2D eigenvalue weighted by Gasteiger charge is 2.39. The Morgan fingerprint density at radius 2 is 2.05 bits per heavy atom. The van der Waals surface area contributed by atoms with Gasteiger partial charge in [-0.2, -0.15) is 0 Å². The van der Waals surface area contributed by atoms with Crippen molar-refractivity contribution in [2.45, 2.75) is 45.1 Å². The van der Waals surface area contributed by atoms with Crippen LogP contribution >= 0.6 is 0 Å². The van der Waals surface area contributed by atoms with Crippen molar-refractivity contribution in [1.82, 2.24) is 4.90 Å². The van der Waals surface area contributed by atoms with Crippen LogP contribution in [0.5, 0.6) is 5.75 Å². The number of rotatable bonds is 1. The first kappa shape index (κ1) is 14.2. The highest BCUT2D eigenvalue weighted by molar-refractivity contribution is 5.99. The lowest BCUT2D eigenvalue weighted by molar-refractivity contribution is 0.0218. The highest BCUT2D eigenvalue weighted by Crippen LogP contribution is 2.39. The molecule has 4 heteroatoms. The normalized spacial score (nSPS) is 29.0. The molecular formula is C17H24N2O2. The quantitative estimate of drug-likeness (QED) is 0.616. The van der Waals surface area contributed by atoms with Crippen molar-refractivity contribution in [3.63, 3.8) is 0 Å². The molecule has 3 atom stereocenters. The third-order valence-electron chi connectivity index (χ3n) is 5.27. The van der Waals surface area contributed by atoms with Crippen molar-refractivity contribution in [2.75, 3.05) is 12.3 Å². The zero-order chi connectivity index (χ0) is 15.0. The van der Waals surface area contributed by atoms with Gasteiger partial charge in [0.1, 0.15) is 5.75 Å². The SMILES string of the molecule is CC1CCN(C(=O)c2cc(O)ccc2N)C2CCCCC12. The number of hydrogen-bond acceptors (Lipinski definition) is 3. The number of phenolic OH excluding ortho intramolecular Hbond substituents is 1. The van der Waals surface area contributed by atoms with Gasteiger partial charge in [0.05, 0.1) is 5.56 Å². The number of carbonyl (C=O) groups is 1. The molecule has 1 heterocycles. The van der Waals surface area contributed by atoms with Crippen molar-refractivity contribution < 1.29 is 9.90 Å². The van der Waals surface area contributed by atoms with Crippen molar-refractivity contribution in [3.05, 3.63) is 23.8 Å². The van der Waals surface area contributed by atoms with E-state index in [4.69, 9.17) is 5.73 Å². The fourth-order valence-electron chi connectivity index (χ4n) is 4.05. The van der Waals surface area contributed by atoms with E-state index < -0.39 is 0 Å². The van der Waals surface area contributed by atoms with Crippen LogP contribution in [0.3, 0.4) is 0 Å². The molecule has 0 radical (unpaired) electrons. The lowest BCUT2D eigenvalue weighted by atomic mass is 9.72. The topological polar surface area (TPSA) is 66.6 Å². The molecule has 1 saturated carbocycles. The van der Waals surface area contributed by atoms with Crippen LogP contribution in [-0.2, 0) is 0 Å². The number of nitrogen functional groups attached to an aromatic ring is 1. The summed E-state index contributed by atoms with van der Waals surface area (Å²) in [5, 5.41) is 9.63. The molecule has 21 heavy (non-hydrogen) atoms. The fraction of sp³-hybridized carbons (Fsp3) is 0.588. The zero-order valence-corrected chi connectivity index (χ0v) is 12.6. The maximum Gasteiger partial charge on any atom is 0.256 e. The number of anilines is 1. The average Bonchev–Trinajstić information content (AvgIpc) is 2.50. The van der Waals surface area contributed by atoms with E-state index >= 15 is 0 Å². The smallest absolute Gasteiger partial charge is 0.256 e. The average molecular weight is 288 g/mol. The van der Waals surface area contributed by atoms with E-state index in [1.54, 1.807) is 6.07 Å². The molecule has 0 spiro atoms. The van der Waals surface area contributed by atoms with Gasteiger partial charge >= 0.3 is 0 Å². The molecule has 1 aliphatic carbocycles. The summed E-state index contributed by atoms with van der Waals surface area (Å²) < 4.78 is 0. The number of likely N-dealkylation sites (tertiary alicyclic amines) is 1. The van der Waals surface area contributed by atoms with E-state index in [0.717, 1.165) is 19.4 Å². The zero-order valence-electron chi connectivity index (χ0n) is 12.6. The molecular weight excluding hydrogens is 264 g/mol. The van der Waals surface area contributed by atoms with Crippen LogP contribution in [-0.4, -0.2) is 28.5 Å². The maximum absolute atomic E-state index is 12.9. The van der Waals surface area contributed by atoms with Crippen molar-refractivity contribution >= 4 is 11.6 Å². The van der Waals surface area contributed by atoms with E-state index in [0.29, 0.717) is 29.1 Å². The number of fused-ring (bicyclic) bond motifs is 1. The second kappa shape index (κ2) is 5.58. The Balaban J connectivity index is 1.88. The van der Waals surface area contributed by atoms with Gasteiger partial charge in [-0.05, 0) is 49.3 Å². The van der Waals surface area contributed by atoms with Gasteiger partial charge in [0.25, 0.3) is 5.91 Å². The molecule has 2 fully saturated rings. The summed E-state index contributed by atoms with van der Waals surface area (Å²) in [6.45, 7) is 3.11. The molecule has 114 valence electrons. The Labute approximate surface area is 125 Å². The molecule has 1 aromatic carbocycles. The Bertz CT molecular complexity index is 544. The van der Waals surface area contributed by atoms with Gasteiger partial charge in [-0.25, -0.2) is 0 Å². The summed E-state index contributed by atoms with van der Waals surface area (Å²) in [5.41, 5.74) is 6.82. The van der Waals surface area contributed by atoms with Gasteiger partial charge in [-0.1, -0.05) is 19.8 Å². The lowest BCUT2D eigenvalue weighted by Gasteiger charge is -2.47. The predicted molar refractivity (Wildman–Crippen MR) is 83.1 cm³/mol. The van der Waals surface area contributed by atoms with Crippen molar-refractivity contribution in [2.24, 2.45) is 11.8 Å². The van der Waals surface area contributed by atoms with E-state index in [1.807, 2.05) is 4.90 Å². The Kier molecular flexibility index (Phi) is 3.79. The van der Waals surface area contributed by atoms with Gasteiger partial charge in [0, 0.05) is 18.3 Å². The van der Waals surface area contributed by atoms with E-state index in [-0.39, 0.29) is 11.7 Å². The molecule has 1 amide bonds. The standard InChI is InChI=1S/C17H24N2O2/c1-11-8-9-19(16-5-3-2-4-13(11)16)17(21)14-10-12(20)6-7-15(14)18/h6-7,10-11,13,16,20H,2-5,8-9,18H2,1H3. The molecule has 3 rings (SSSR count). The molecule has 1 saturated heterocycles. The van der Waals surface area contributed by atoms with Crippen LogP contribution in [0.15, 0.2) is 18.2 Å². The van der Waals surface area contributed by atoms with Gasteiger partial charge < -0.3 is 15.7 Å². The minimum atomic E-state index is -0.0211. The molecule has 3 unspecified atom stereocenters. The molecule has 1 aromatic rings. The van der Waals surface area contributed by atoms with Gasteiger partial charge in [0.2, 0.25) is 0 Å². The number of piperidine rings is 1. The van der Waals surface area contributed by atoms with E-state index in [1.165, 1.54) is 31.4 Å². The third-order valence-corrected chi connectivity index (χ3v) is 5.27. The fourth-order valence-corrected chi connectivity index (χ4v) is 4.05. The predicted octanol–water partition coefficient (Wildman–Crippen LogP) is 3.02. The van der Waals surface area contributed by atoms with Crippen molar-refractivity contribution in [1.29, 1.82) is 0 Å². The highest BCUT2D eigenvalue weighted by atomic mass is 16.3. The van der Waals surface area contributed by atoms with Gasteiger partial charge in [-0.15, -0.1) is 0 Å². The monoisotopic (exact) mass is 288 g/mol. The van der Waals surface area contributed by atoms with Crippen molar-refractivity contribution in [3.8, 4) is 5.75 Å². The van der Waals surface area contributed by atoms with Crippen LogP contribution in [0, 0.1) is 11.8 Å². The first-order valence-electron chi connectivity index (χ1n) is 7.97. The molecule has 0 bridgehead atoms. The molecule has 1 aliphatic heterocycles. The number of phenols is 1. The summed E-state index contributed by atoms with van der Waals surface area (Å²) in [7, 11) is 0. The van der Waals surface area contributed by atoms with Crippen LogP contribution in [0.2, 0.25) is 0 Å². The summed E-state index contributed by atoms with van der Waals surface area (Å²) >= 11 is 0. The van der Waals surface area contributed by atoms with E-state index in [2.05, 4.69) is 6.92 Å². The Morgan fingerprint density at radius 3 is 2.86 bits per heavy atom. The maximum atomic E-state index is 12.9. The minimum absolute atomic E-state index is 0.0211. The summed E-state index contributed by atoms with van der Waals surface area (Å²) in [6, 6.07) is 4.96. The van der Waals surface area contributed by atoms with Gasteiger partial charge in [0.15, 0.2) is 0 Å². The Morgan fingerprint density at radius 1 is 1.29 bits per heavy atom. The number of hydrogen-bond donors (Lipinski definition) is 2. The minimum Gasteiger partial charge on any atom is -0.508 e. The van der Waals surface area contributed by atoms with Crippen LogP contribution in [0.1, 0.15) is 49.4 Å². The molecule has 3 N–H and O–H groups in total. The molecule has 0 aromatic heterocycles. The largest absolute Gasteiger partial charge is 0.508 e. The lowest BCUT2D eigenvalue weighted by Crippen LogP contribution is -2.52. The first-order valence-corrected chi connectivity index (χ1v) is 7.97. The molecule has 2 aliphatic rings. The summed E-state index contributed by atoms with van der Waals surface area (Å²) in [5.74, 6) is 1.39. The van der Waals surface area contributed by atoms with Crippen LogP contribution in [0.25, 0.3) is 0 Å². The number of nitrogens with two attached hydrogens (primary N) is 1. The van der Waals surface area contributed by atoms with Crippen LogP contribution < -0.4 is 5.73 Å². The second-order valence-corrected chi connectivity index (χ2v) is 6.55. The summed E-state index contributed by atoms with van der Waals surface area (Å²) in [6.07, 6.45) is 5.87. The molecule has 4 nitrogen and oxygen atoms in total. The number of amides is 1.